The summed E-state index contributed by atoms with van der Waals surface area (Å²) in [6.07, 6.45) is 1.88. The lowest BCUT2D eigenvalue weighted by Gasteiger charge is -2.51. The van der Waals surface area contributed by atoms with Gasteiger partial charge in [-0.2, -0.15) is 0 Å². The number of ether oxygens (including phenoxy) is 3. The number of Topliss-reactive ketones (excluding diaryl/α,β-unsaturated/α-hetero) is 2. The van der Waals surface area contributed by atoms with Crippen LogP contribution in [0.15, 0.2) is 34.8 Å². The zero-order valence-electron chi connectivity index (χ0n) is 27.4. The number of allylic oxidation sites excluding steroid dienone is 1. The van der Waals surface area contributed by atoms with Crippen molar-refractivity contribution >= 4 is 41.0 Å². The Morgan fingerprint density at radius 2 is 1.67 bits per heavy atom. The van der Waals surface area contributed by atoms with Gasteiger partial charge in [-0.15, -0.1) is 0 Å². The fourth-order valence-electron chi connectivity index (χ4n) is 6.78. The molecule has 248 valence electrons. The number of likely N-dealkylation sites (N-methyl/N-ethyl adjacent to an activating group) is 1. The molecule has 2 amide bonds. The maximum absolute atomic E-state index is 14.6. The van der Waals surface area contributed by atoms with Crippen LogP contribution in [0.25, 0.3) is 0 Å². The van der Waals surface area contributed by atoms with Crippen molar-refractivity contribution in [2.45, 2.75) is 65.0 Å². The molecule has 0 saturated heterocycles. The molecule has 3 aliphatic rings. The number of unbranched alkanes of at least 4 members (excludes halogenated alkanes) is 1. The molecule has 1 aromatic rings. The molecule has 0 aliphatic heterocycles. The smallest absolute Gasteiger partial charge is 0.307 e. The van der Waals surface area contributed by atoms with E-state index in [4.69, 9.17) is 14.2 Å². The molecule has 0 fully saturated rings. The minimum atomic E-state index is -2.73. The van der Waals surface area contributed by atoms with Crippen LogP contribution in [0, 0.1) is 11.8 Å². The number of hydrogen-bond acceptors (Lipinski definition) is 12. The Hall–Kier alpha value is -4.36. The second kappa shape index (κ2) is 13.2. The summed E-state index contributed by atoms with van der Waals surface area (Å²) >= 11 is 0. The number of carbonyl (C=O) groups is 6. The molecule has 0 saturated carbocycles. The number of aliphatic hydroxyl groups is 1. The summed E-state index contributed by atoms with van der Waals surface area (Å²) in [5.41, 5.74) is -1.90. The van der Waals surface area contributed by atoms with E-state index in [1.165, 1.54) is 0 Å². The second-order valence-electron chi connectivity index (χ2n) is 12.3. The molecule has 0 spiro atoms. The van der Waals surface area contributed by atoms with Crippen LogP contribution in [0.1, 0.15) is 62.9 Å². The van der Waals surface area contributed by atoms with Gasteiger partial charge in [0.1, 0.15) is 17.1 Å². The van der Waals surface area contributed by atoms with Crippen molar-refractivity contribution in [1.29, 1.82) is 0 Å². The number of rotatable bonds is 9. The topological polar surface area (TPSA) is 169 Å². The molecule has 3 aliphatic carbocycles. The summed E-state index contributed by atoms with van der Waals surface area (Å²) < 4.78 is 17.1. The summed E-state index contributed by atoms with van der Waals surface area (Å²) in [7, 11) is 6.89. The van der Waals surface area contributed by atoms with Crippen molar-refractivity contribution in [3.63, 3.8) is 0 Å². The first-order chi connectivity index (χ1) is 21.6. The highest BCUT2D eigenvalue weighted by molar-refractivity contribution is 6.27. The zero-order chi connectivity index (χ0) is 34.2. The normalized spacial score (nSPS) is 23.7. The number of fused-ring (bicyclic) bond motifs is 3. The molecular formula is C33H41N3O10. The molecule has 1 aromatic carbocycles. The molecule has 4 rings (SSSR count). The summed E-state index contributed by atoms with van der Waals surface area (Å²) in [4.78, 5) is 82.6. The van der Waals surface area contributed by atoms with Crippen LogP contribution in [-0.4, -0.2) is 91.8 Å². The van der Waals surface area contributed by atoms with Gasteiger partial charge in [-0.25, -0.2) is 0 Å². The van der Waals surface area contributed by atoms with Crippen LogP contribution in [0.2, 0.25) is 0 Å². The molecule has 13 heteroatoms. The highest BCUT2D eigenvalue weighted by atomic mass is 16.6. The zero-order valence-corrected chi connectivity index (χ0v) is 27.4. The first-order valence-electron chi connectivity index (χ1n) is 15.2. The van der Waals surface area contributed by atoms with Crippen LogP contribution >= 0.6 is 0 Å². The van der Waals surface area contributed by atoms with E-state index in [0.717, 1.165) is 39.3 Å². The van der Waals surface area contributed by atoms with Crippen molar-refractivity contribution in [3.05, 3.63) is 45.9 Å². The Kier molecular flexibility index (Phi) is 9.88. The lowest BCUT2D eigenvalue weighted by atomic mass is 9.58. The summed E-state index contributed by atoms with van der Waals surface area (Å²) in [5.74, 6) is -8.04. The Morgan fingerprint density at radius 1 is 1.02 bits per heavy atom. The summed E-state index contributed by atoms with van der Waals surface area (Å²) in [6.45, 7) is 5.57. The monoisotopic (exact) mass is 639 g/mol. The number of amides is 2. The molecule has 13 nitrogen and oxygen atoms in total. The quantitative estimate of drug-likeness (QED) is 0.229. The van der Waals surface area contributed by atoms with E-state index in [2.05, 4.69) is 0 Å². The number of esters is 2. The Morgan fingerprint density at radius 3 is 2.22 bits per heavy atom. The van der Waals surface area contributed by atoms with E-state index in [1.54, 1.807) is 25.1 Å². The standard InChI is InChI=1S/C33H41N3O10/c1-9-10-13-44-23-12-11-22(35(5)6)20-14-19-15-21-27(36(7)8)29(45-17(3)38)26(32(42)34-16(2)37)30(41)33(21,43)31(46-18(4)39)24(19)28(40)25(20)23/h11-12,19,21,27,43H,9-10,13-15H2,1-8H3,(H,34,37,42)/t19-,21-,27?,33+/m0/s1. The molecule has 0 radical (unpaired) electrons. The SMILES string of the molecule is CCCCOc1ccc(N(C)C)c2c1C(=O)C1=C(OC(C)=O)[C@]3(O)C(=O)C(C(=O)NC(C)=O)=C(OC(C)=O)C(N(C)C)[C@@H]3C[C@@H]1C2. The lowest BCUT2D eigenvalue weighted by molar-refractivity contribution is -0.158. The van der Waals surface area contributed by atoms with Crippen LogP contribution in [0.3, 0.4) is 0 Å². The van der Waals surface area contributed by atoms with Crippen molar-refractivity contribution in [2.75, 3.05) is 39.7 Å². The van der Waals surface area contributed by atoms with E-state index < -0.39 is 70.1 Å². The highest BCUT2D eigenvalue weighted by Crippen LogP contribution is 2.54. The number of nitrogens with one attached hydrogen (secondary N) is 1. The average molecular weight is 640 g/mol. The number of nitrogens with zero attached hydrogens (tertiary/aromatic N) is 2. The van der Waals surface area contributed by atoms with Gasteiger partial charge < -0.3 is 24.2 Å². The molecular weight excluding hydrogens is 598 g/mol. The summed E-state index contributed by atoms with van der Waals surface area (Å²) in [5, 5.41) is 14.6. The van der Waals surface area contributed by atoms with E-state index in [1.807, 2.05) is 37.3 Å². The third-order valence-corrected chi connectivity index (χ3v) is 8.53. The predicted octanol–water partition coefficient (Wildman–Crippen LogP) is 1.85. The van der Waals surface area contributed by atoms with Gasteiger partial charge in [0.15, 0.2) is 17.1 Å². The van der Waals surface area contributed by atoms with Gasteiger partial charge in [-0.1, -0.05) is 13.3 Å². The van der Waals surface area contributed by atoms with E-state index in [0.29, 0.717) is 17.9 Å². The van der Waals surface area contributed by atoms with Crippen LogP contribution < -0.4 is 15.0 Å². The predicted molar refractivity (Wildman–Crippen MR) is 165 cm³/mol. The number of imide groups is 1. The van der Waals surface area contributed by atoms with Crippen molar-refractivity contribution in [1.82, 2.24) is 10.2 Å². The van der Waals surface area contributed by atoms with Gasteiger partial charge in [-0.3, -0.25) is 39.0 Å². The fourth-order valence-corrected chi connectivity index (χ4v) is 6.78. The van der Waals surface area contributed by atoms with Gasteiger partial charge in [-0.05, 0) is 57.0 Å². The molecule has 4 atom stereocenters. The molecule has 46 heavy (non-hydrogen) atoms. The van der Waals surface area contributed by atoms with Gasteiger partial charge in [0.2, 0.25) is 11.7 Å². The van der Waals surface area contributed by atoms with Gasteiger partial charge in [0.05, 0.1) is 18.2 Å². The number of anilines is 1. The maximum atomic E-state index is 14.6. The van der Waals surface area contributed by atoms with Crippen LogP contribution in [0.4, 0.5) is 5.69 Å². The van der Waals surface area contributed by atoms with Gasteiger partial charge in [0, 0.05) is 52.0 Å². The molecule has 0 aromatic heterocycles. The number of carbonyl (C=O) groups excluding carboxylic acids is 6. The van der Waals surface area contributed by atoms with Crippen LogP contribution in [0.5, 0.6) is 5.75 Å². The van der Waals surface area contributed by atoms with E-state index in [9.17, 15) is 33.9 Å². The Balaban J connectivity index is 2.05. The van der Waals surface area contributed by atoms with Gasteiger partial charge >= 0.3 is 11.9 Å². The largest absolute Gasteiger partial charge is 0.493 e. The Labute approximate surface area is 267 Å². The van der Waals surface area contributed by atoms with Crippen molar-refractivity contribution in [3.8, 4) is 5.75 Å². The average Bonchev–Trinajstić information content (AvgIpc) is 2.93. The summed E-state index contributed by atoms with van der Waals surface area (Å²) in [6, 6.07) is 2.46. The minimum absolute atomic E-state index is 0.0104. The van der Waals surface area contributed by atoms with Crippen molar-refractivity contribution in [2.24, 2.45) is 11.8 Å². The first kappa shape index (κ1) is 34.5. The van der Waals surface area contributed by atoms with Gasteiger partial charge in [0.25, 0.3) is 5.91 Å². The highest BCUT2D eigenvalue weighted by Gasteiger charge is 2.65. The molecule has 2 N–H and O–H groups in total. The number of ketones is 2. The number of benzene rings is 1. The lowest BCUT2D eigenvalue weighted by Crippen LogP contribution is -2.64. The fraction of sp³-hybridized carbons (Fsp3) is 0.515. The van der Waals surface area contributed by atoms with Crippen molar-refractivity contribution < 1.29 is 48.1 Å². The molecule has 0 bridgehead atoms. The third-order valence-electron chi connectivity index (χ3n) is 8.53. The maximum Gasteiger partial charge on any atom is 0.307 e. The molecule has 0 heterocycles. The van der Waals surface area contributed by atoms with Crippen LogP contribution in [-0.2, 0) is 39.9 Å². The first-order valence-corrected chi connectivity index (χ1v) is 15.2. The number of hydrogen-bond donors (Lipinski definition) is 2. The van der Waals surface area contributed by atoms with E-state index in [-0.39, 0.29) is 29.7 Å². The van der Waals surface area contributed by atoms with E-state index >= 15 is 0 Å². The third kappa shape index (κ3) is 5.96. The molecule has 1 unspecified atom stereocenters. The minimum Gasteiger partial charge on any atom is -0.493 e. The second-order valence-corrected chi connectivity index (χ2v) is 12.3. The Bertz CT molecular complexity index is 1570.